The molecule has 1 aliphatic carbocycles. The predicted molar refractivity (Wildman–Crippen MR) is 206 cm³/mol. The van der Waals surface area contributed by atoms with Crippen LogP contribution in [0.15, 0.2) is 176 Å². The van der Waals surface area contributed by atoms with Crippen LogP contribution in [0, 0.1) is 5.92 Å². The SMILES string of the molecule is CC1C(c2ccncc2)=CC(c2ccccc2-c2ccccc2-c2ccc3c4ccccc4c4ccccc4c3c2)=CC1c1ccncc1. The Morgan fingerprint density at radius 2 is 0.918 bits per heavy atom. The highest BCUT2D eigenvalue weighted by Gasteiger charge is 2.27. The molecule has 1 aliphatic rings. The smallest absolute Gasteiger partial charge is 0.0273 e. The number of rotatable bonds is 5. The summed E-state index contributed by atoms with van der Waals surface area (Å²) < 4.78 is 0. The first-order valence-electron chi connectivity index (χ1n) is 17.0. The molecule has 0 saturated heterocycles. The van der Waals surface area contributed by atoms with Crippen molar-refractivity contribution in [1.82, 2.24) is 9.97 Å². The Hall–Kier alpha value is -6.12. The third-order valence-electron chi connectivity index (χ3n) is 10.3. The average Bonchev–Trinajstić information content (AvgIpc) is 3.18. The molecule has 0 aliphatic heterocycles. The van der Waals surface area contributed by atoms with Gasteiger partial charge in [0.05, 0.1) is 0 Å². The Morgan fingerprint density at radius 1 is 0.429 bits per heavy atom. The summed E-state index contributed by atoms with van der Waals surface area (Å²) >= 11 is 0. The lowest BCUT2D eigenvalue weighted by Crippen LogP contribution is -2.14. The fourth-order valence-electron chi connectivity index (χ4n) is 7.92. The van der Waals surface area contributed by atoms with E-state index < -0.39 is 0 Å². The zero-order valence-electron chi connectivity index (χ0n) is 27.3. The van der Waals surface area contributed by atoms with Crippen LogP contribution in [-0.2, 0) is 0 Å². The molecule has 2 atom stereocenters. The molecule has 0 N–H and O–H groups in total. The molecule has 0 fully saturated rings. The van der Waals surface area contributed by atoms with Crippen LogP contribution in [-0.4, -0.2) is 9.97 Å². The Morgan fingerprint density at radius 3 is 1.55 bits per heavy atom. The van der Waals surface area contributed by atoms with Crippen LogP contribution in [0.25, 0.3) is 65.7 Å². The van der Waals surface area contributed by atoms with E-state index in [1.807, 2.05) is 24.8 Å². The van der Waals surface area contributed by atoms with Crippen LogP contribution in [0.5, 0.6) is 0 Å². The van der Waals surface area contributed by atoms with Crippen molar-refractivity contribution in [3.63, 3.8) is 0 Å². The maximum absolute atomic E-state index is 4.32. The van der Waals surface area contributed by atoms with Gasteiger partial charge in [-0.25, -0.2) is 0 Å². The van der Waals surface area contributed by atoms with Gasteiger partial charge in [-0.05, 0) is 119 Å². The fourth-order valence-corrected chi connectivity index (χ4v) is 7.92. The number of pyridine rings is 2. The minimum Gasteiger partial charge on any atom is -0.265 e. The highest BCUT2D eigenvalue weighted by Crippen LogP contribution is 2.46. The molecule has 9 rings (SSSR count). The summed E-state index contributed by atoms with van der Waals surface area (Å²) in [5.41, 5.74) is 11.1. The van der Waals surface area contributed by atoms with Crippen molar-refractivity contribution >= 4 is 43.5 Å². The van der Waals surface area contributed by atoms with Crippen molar-refractivity contribution < 1.29 is 0 Å². The van der Waals surface area contributed by atoms with Gasteiger partial charge in [-0.3, -0.25) is 9.97 Å². The number of benzene rings is 6. The maximum atomic E-state index is 4.32. The second kappa shape index (κ2) is 12.2. The third kappa shape index (κ3) is 5.05. The van der Waals surface area contributed by atoms with Crippen molar-refractivity contribution in [2.24, 2.45) is 5.92 Å². The second-order valence-corrected chi connectivity index (χ2v) is 13.0. The Balaban J connectivity index is 1.23. The summed E-state index contributed by atoms with van der Waals surface area (Å²) in [5.74, 6) is 0.495. The molecule has 232 valence electrons. The standard InChI is InChI=1S/C47H34N2/c1-31-45(32-20-24-48-25-21-32)29-35(30-46(31)33-22-26-49-27-23-33)37-11-3-5-13-39(37)38-12-4-2-10-36(38)34-18-19-44-42-16-7-6-14-40(42)41-15-8-9-17-43(41)47(44)28-34/h2-31,45H,1H3. The first kappa shape index (κ1) is 29.1. The summed E-state index contributed by atoms with van der Waals surface area (Å²) in [6, 6.07) is 50.9. The predicted octanol–water partition coefficient (Wildman–Crippen LogP) is 12.2. The molecule has 0 amide bonds. The fraction of sp³-hybridized carbons (Fsp3) is 0.0638. The molecule has 2 aromatic heterocycles. The van der Waals surface area contributed by atoms with Crippen molar-refractivity contribution in [3.8, 4) is 22.3 Å². The lowest BCUT2D eigenvalue weighted by atomic mass is 9.74. The molecule has 6 aromatic carbocycles. The van der Waals surface area contributed by atoms with E-state index in [9.17, 15) is 0 Å². The second-order valence-electron chi connectivity index (χ2n) is 13.0. The molecule has 8 aromatic rings. The first-order valence-corrected chi connectivity index (χ1v) is 17.0. The molecule has 2 unspecified atom stereocenters. The van der Waals surface area contributed by atoms with E-state index in [0.717, 1.165) is 0 Å². The molecule has 49 heavy (non-hydrogen) atoms. The van der Waals surface area contributed by atoms with E-state index in [2.05, 4.69) is 169 Å². The largest absolute Gasteiger partial charge is 0.265 e. The maximum Gasteiger partial charge on any atom is 0.0273 e. The quantitative estimate of drug-likeness (QED) is 0.178. The normalized spacial score (nSPS) is 16.1. The monoisotopic (exact) mass is 626 g/mol. The van der Waals surface area contributed by atoms with Gasteiger partial charge in [0.2, 0.25) is 0 Å². The van der Waals surface area contributed by atoms with E-state index in [1.165, 1.54) is 82.4 Å². The highest BCUT2D eigenvalue weighted by molar-refractivity contribution is 6.25. The summed E-state index contributed by atoms with van der Waals surface area (Å²) in [4.78, 5) is 8.63. The molecular formula is C47H34N2. The van der Waals surface area contributed by atoms with E-state index in [0.29, 0.717) is 0 Å². The summed E-state index contributed by atoms with van der Waals surface area (Å²) in [5, 5.41) is 7.73. The van der Waals surface area contributed by atoms with Gasteiger partial charge in [0.15, 0.2) is 0 Å². The Bertz CT molecular complexity index is 2530. The highest BCUT2D eigenvalue weighted by atomic mass is 14.6. The van der Waals surface area contributed by atoms with Crippen LogP contribution in [0.3, 0.4) is 0 Å². The molecule has 0 saturated carbocycles. The van der Waals surface area contributed by atoms with Crippen LogP contribution < -0.4 is 0 Å². The van der Waals surface area contributed by atoms with Gasteiger partial charge in [0.25, 0.3) is 0 Å². The van der Waals surface area contributed by atoms with Crippen molar-refractivity contribution in [2.45, 2.75) is 12.8 Å². The average molecular weight is 627 g/mol. The number of fused-ring (bicyclic) bond motifs is 6. The summed E-state index contributed by atoms with van der Waals surface area (Å²) in [6.07, 6.45) is 12.4. The zero-order valence-corrected chi connectivity index (χ0v) is 27.3. The number of hydrogen-bond donors (Lipinski definition) is 0. The van der Waals surface area contributed by atoms with E-state index in [-0.39, 0.29) is 11.8 Å². The minimum atomic E-state index is 0.207. The van der Waals surface area contributed by atoms with Gasteiger partial charge in [0, 0.05) is 30.7 Å². The number of nitrogens with zero attached hydrogens (tertiary/aromatic N) is 2. The number of aromatic nitrogens is 2. The first-order chi connectivity index (χ1) is 24.2. The van der Waals surface area contributed by atoms with Gasteiger partial charge in [-0.2, -0.15) is 0 Å². The topological polar surface area (TPSA) is 25.8 Å². The summed E-state index contributed by atoms with van der Waals surface area (Å²) in [6.45, 7) is 2.33. The Labute approximate surface area is 286 Å². The van der Waals surface area contributed by atoms with E-state index in [4.69, 9.17) is 0 Å². The van der Waals surface area contributed by atoms with Crippen molar-refractivity contribution in [1.29, 1.82) is 0 Å². The van der Waals surface area contributed by atoms with Crippen LogP contribution >= 0.6 is 0 Å². The van der Waals surface area contributed by atoms with Crippen LogP contribution in [0.4, 0.5) is 0 Å². The van der Waals surface area contributed by atoms with Crippen LogP contribution in [0.2, 0.25) is 0 Å². The molecule has 2 nitrogen and oxygen atoms in total. The molecular weight excluding hydrogens is 593 g/mol. The van der Waals surface area contributed by atoms with Crippen LogP contribution in [0.1, 0.15) is 29.5 Å². The molecule has 2 heteroatoms. The lowest BCUT2D eigenvalue weighted by Gasteiger charge is -2.30. The van der Waals surface area contributed by atoms with Gasteiger partial charge >= 0.3 is 0 Å². The third-order valence-corrected chi connectivity index (χ3v) is 10.3. The molecule has 0 bridgehead atoms. The lowest BCUT2D eigenvalue weighted by molar-refractivity contribution is 0.654. The Kier molecular flexibility index (Phi) is 7.21. The van der Waals surface area contributed by atoms with E-state index in [1.54, 1.807) is 0 Å². The number of allylic oxidation sites excluding steroid dienone is 4. The van der Waals surface area contributed by atoms with Crippen molar-refractivity contribution in [3.05, 3.63) is 193 Å². The van der Waals surface area contributed by atoms with Gasteiger partial charge < -0.3 is 0 Å². The minimum absolute atomic E-state index is 0.207. The number of hydrogen-bond acceptors (Lipinski definition) is 2. The van der Waals surface area contributed by atoms with Gasteiger partial charge in [-0.15, -0.1) is 0 Å². The van der Waals surface area contributed by atoms with E-state index >= 15 is 0 Å². The van der Waals surface area contributed by atoms with Gasteiger partial charge in [-0.1, -0.05) is 128 Å². The molecule has 2 heterocycles. The zero-order chi connectivity index (χ0) is 32.7. The van der Waals surface area contributed by atoms with Crippen molar-refractivity contribution in [2.75, 3.05) is 0 Å². The molecule has 0 spiro atoms. The summed E-state index contributed by atoms with van der Waals surface area (Å²) in [7, 11) is 0. The van der Waals surface area contributed by atoms with Gasteiger partial charge in [0.1, 0.15) is 0 Å². The molecule has 0 radical (unpaired) electrons.